The zero-order chi connectivity index (χ0) is 18.6. The summed E-state index contributed by atoms with van der Waals surface area (Å²) in [6.45, 7) is 0. The van der Waals surface area contributed by atoms with E-state index in [1.165, 1.54) is 12.1 Å². The van der Waals surface area contributed by atoms with Gasteiger partial charge in [-0.15, -0.1) is 11.3 Å². The molecule has 2 heterocycles. The molecule has 0 saturated heterocycles. The largest absolute Gasteiger partial charge is 0.334 e. The lowest BCUT2D eigenvalue weighted by molar-refractivity contribution is -0.115. The van der Waals surface area contributed by atoms with Crippen LogP contribution in [0.3, 0.4) is 0 Å². The Morgan fingerprint density at radius 1 is 1.07 bits per heavy atom. The quantitative estimate of drug-likeness (QED) is 0.542. The normalized spacial score (nSPS) is 10.7. The van der Waals surface area contributed by atoms with E-state index in [1.807, 2.05) is 29.6 Å². The monoisotopic (exact) mass is 379 g/mol. The number of halogens is 1. The molecule has 1 N–H and O–H groups in total. The van der Waals surface area contributed by atoms with Crippen molar-refractivity contribution in [3.8, 4) is 22.8 Å². The molecule has 0 aliphatic heterocycles. The van der Waals surface area contributed by atoms with Crippen LogP contribution in [0.15, 0.2) is 70.6 Å². The summed E-state index contributed by atoms with van der Waals surface area (Å²) in [6, 6.07) is 16.9. The second kappa shape index (κ2) is 7.51. The number of nitrogens with one attached hydrogen (secondary N) is 1. The lowest BCUT2D eigenvalue weighted by Gasteiger charge is -2.05. The maximum Gasteiger partial charge on any atom is 0.258 e. The minimum absolute atomic E-state index is 0.0882. The molecule has 4 aromatic rings. The van der Waals surface area contributed by atoms with Crippen LogP contribution in [0, 0.1) is 5.82 Å². The molecule has 27 heavy (non-hydrogen) atoms. The van der Waals surface area contributed by atoms with Crippen LogP contribution >= 0.6 is 11.3 Å². The number of nitrogens with zero attached hydrogens (tertiary/aromatic N) is 2. The number of amides is 1. The predicted molar refractivity (Wildman–Crippen MR) is 102 cm³/mol. The molecule has 7 heteroatoms. The van der Waals surface area contributed by atoms with Crippen molar-refractivity contribution in [2.75, 3.05) is 5.32 Å². The van der Waals surface area contributed by atoms with Crippen molar-refractivity contribution in [3.63, 3.8) is 0 Å². The van der Waals surface area contributed by atoms with Gasteiger partial charge in [-0.25, -0.2) is 4.39 Å². The fourth-order valence-corrected chi connectivity index (χ4v) is 3.27. The van der Waals surface area contributed by atoms with Gasteiger partial charge in [0.15, 0.2) is 0 Å². The lowest BCUT2D eigenvalue weighted by Crippen LogP contribution is -2.13. The molecule has 0 aliphatic rings. The summed E-state index contributed by atoms with van der Waals surface area (Å²) < 4.78 is 18.3. The number of anilines is 1. The fraction of sp³-hybridized carbons (Fsp3) is 0.0500. The van der Waals surface area contributed by atoms with Crippen molar-refractivity contribution in [1.29, 1.82) is 0 Å². The van der Waals surface area contributed by atoms with Gasteiger partial charge in [0, 0.05) is 21.7 Å². The van der Waals surface area contributed by atoms with Crippen LogP contribution < -0.4 is 5.32 Å². The van der Waals surface area contributed by atoms with E-state index in [4.69, 9.17) is 4.52 Å². The number of hydrogen-bond acceptors (Lipinski definition) is 5. The molecule has 4 rings (SSSR count). The Balaban J connectivity index is 1.50. The molecule has 1 amide bonds. The summed E-state index contributed by atoms with van der Waals surface area (Å²) in [5.74, 6) is 0.278. The number of aromatic nitrogens is 2. The van der Waals surface area contributed by atoms with Gasteiger partial charge in [0.2, 0.25) is 11.7 Å². The predicted octanol–water partition coefficient (Wildman–Crippen LogP) is 4.79. The maximum atomic E-state index is 13.0. The van der Waals surface area contributed by atoms with E-state index in [2.05, 4.69) is 15.5 Å². The highest BCUT2D eigenvalue weighted by atomic mass is 32.1. The first-order chi connectivity index (χ1) is 13.2. The third-order valence-corrected chi connectivity index (χ3v) is 4.71. The van der Waals surface area contributed by atoms with Crippen LogP contribution in [0.1, 0.15) is 4.88 Å². The minimum atomic E-state index is -0.329. The highest BCUT2D eigenvalue weighted by molar-refractivity contribution is 7.10. The molecule has 0 atom stereocenters. The van der Waals surface area contributed by atoms with Gasteiger partial charge in [-0.2, -0.15) is 4.98 Å². The Morgan fingerprint density at radius 2 is 1.93 bits per heavy atom. The van der Waals surface area contributed by atoms with Crippen LogP contribution in [0.25, 0.3) is 22.8 Å². The van der Waals surface area contributed by atoms with E-state index in [1.54, 1.807) is 35.6 Å². The first kappa shape index (κ1) is 17.1. The summed E-state index contributed by atoms with van der Waals surface area (Å²) in [5.41, 5.74) is 2.00. The van der Waals surface area contributed by atoms with Crippen LogP contribution in [-0.4, -0.2) is 16.0 Å². The van der Waals surface area contributed by atoms with E-state index in [0.717, 1.165) is 4.88 Å². The van der Waals surface area contributed by atoms with E-state index in [9.17, 15) is 9.18 Å². The molecule has 0 fully saturated rings. The van der Waals surface area contributed by atoms with E-state index in [-0.39, 0.29) is 11.7 Å². The minimum Gasteiger partial charge on any atom is -0.334 e. The number of benzene rings is 2. The smallest absolute Gasteiger partial charge is 0.258 e. The average molecular weight is 379 g/mol. The highest BCUT2D eigenvalue weighted by Crippen LogP contribution is 2.24. The van der Waals surface area contributed by atoms with Gasteiger partial charge in [-0.05, 0) is 47.8 Å². The van der Waals surface area contributed by atoms with E-state index >= 15 is 0 Å². The molecule has 0 aliphatic carbocycles. The molecule has 5 nitrogen and oxygen atoms in total. The number of carbonyl (C=O) groups excluding carboxylic acids is 1. The lowest BCUT2D eigenvalue weighted by atomic mass is 10.2. The summed E-state index contributed by atoms with van der Waals surface area (Å²) in [7, 11) is 0. The van der Waals surface area contributed by atoms with Crippen molar-refractivity contribution >= 4 is 22.9 Å². The summed E-state index contributed by atoms with van der Waals surface area (Å²) >= 11 is 1.55. The number of thiophene rings is 1. The van der Waals surface area contributed by atoms with Gasteiger partial charge in [0.25, 0.3) is 5.89 Å². The fourth-order valence-electron chi connectivity index (χ4n) is 2.56. The zero-order valence-corrected chi connectivity index (χ0v) is 14.9. The van der Waals surface area contributed by atoms with Gasteiger partial charge < -0.3 is 9.84 Å². The molecule has 0 saturated carbocycles. The average Bonchev–Trinajstić information content (AvgIpc) is 3.34. The molecular formula is C20H14FN3O2S. The number of carbonyl (C=O) groups is 1. The van der Waals surface area contributed by atoms with E-state index in [0.29, 0.717) is 35.0 Å². The van der Waals surface area contributed by atoms with Gasteiger partial charge >= 0.3 is 0 Å². The summed E-state index contributed by atoms with van der Waals surface area (Å²) in [4.78, 5) is 17.5. The van der Waals surface area contributed by atoms with E-state index < -0.39 is 0 Å². The van der Waals surface area contributed by atoms with Crippen LogP contribution in [-0.2, 0) is 11.2 Å². The van der Waals surface area contributed by atoms with Crippen LogP contribution in [0.2, 0.25) is 0 Å². The third kappa shape index (κ3) is 4.09. The Kier molecular flexibility index (Phi) is 4.76. The van der Waals surface area contributed by atoms with Crippen molar-refractivity contribution in [2.45, 2.75) is 6.42 Å². The first-order valence-corrected chi connectivity index (χ1v) is 9.08. The molecule has 0 radical (unpaired) electrons. The van der Waals surface area contributed by atoms with Gasteiger partial charge in [0.05, 0.1) is 6.42 Å². The van der Waals surface area contributed by atoms with Crippen LogP contribution in [0.4, 0.5) is 10.1 Å². The van der Waals surface area contributed by atoms with Crippen LogP contribution in [0.5, 0.6) is 0 Å². The maximum absolute atomic E-state index is 13.0. The SMILES string of the molecule is O=C(Cc1cccs1)Nc1cccc(-c2noc(-c3ccc(F)cc3)n2)c1. The van der Waals surface area contributed by atoms with Crippen molar-refractivity contribution in [2.24, 2.45) is 0 Å². The second-order valence-electron chi connectivity index (χ2n) is 5.82. The Hall–Kier alpha value is -3.32. The Bertz CT molecular complexity index is 1060. The molecule has 134 valence electrons. The number of hydrogen-bond donors (Lipinski definition) is 1. The zero-order valence-electron chi connectivity index (χ0n) is 14.1. The first-order valence-electron chi connectivity index (χ1n) is 8.20. The molecule has 2 aromatic carbocycles. The highest BCUT2D eigenvalue weighted by Gasteiger charge is 2.12. The van der Waals surface area contributed by atoms with Crippen molar-refractivity contribution in [1.82, 2.24) is 10.1 Å². The summed E-state index contributed by atoms with van der Waals surface area (Å²) in [6.07, 6.45) is 0.332. The second-order valence-corrected chi connectivity index (χ2v) is 6.85. The van der Waals surface area contributed by atoms with Crippen molar-refractivity contribution < 1.29 is 13.7 Å². The Morgan fingerprint density at radius 3 is 2.70 bits per heavy atom. The Labute approximate surface area is 158 Å². The molecule has 0 spiro atoms. The summed E-state index contributed by atoms with van der Waals surface area (Å²) in [5, 5.41) is 8.79. The van der Waals surface area contributed by atoms with Gasteiger partial charge in [-0.1, -0.05) is 23.4 Å². The standard InChI is InChI=1S/C20H14FN3O2S/c21-15-8-6-13(7-9-15)20-23-19(24-26-20)14-3-1-4-16(11-14)22-18(25)12-17-5-2-10-27-17/h1-11H,12H2,(H,22,25). The van der Waals surface area contributed by atoms with Gasteiger partial charge in [-0.3, -0.25) is 4.79 Å². The third-order valence-electron chi connectivity index (χ3n) is 3.84. The topological polar surface area (TPSA) is 68.0 Å². The molecule has 0 unspecified atom stereocenters. The van der Waals surface area contributed by atoms with Crippen molar-refractivity contribution in [3.05, 3.63) is 76.7 Å². The van der Waals surface area contributed by atoms with Gasteiger partial charge in [0.1, 0.15) is 5.82 Å². The molecule has 0 bridgehead atoms. The molecular weight excluding hydrogens is 365 g/mol. The molecule has 2 aromatic heterocycles. The number of rotatable bonds is 5.